The van der Waals surface area contributed by atoms with Crippen LogP contribution in [-0.4, -0.2) is 54.2 Å². The standard InChI is InChI=1S/C16H23BrN2O/c17-15-5-3-14(4-6-15)16(20)12-19-9-7-18(8-10-19)11-13-1-2-13/h3-6,13,16,20H,1-2,7-12H2/t16-/m1/s1. The molecule has 110 valence electrons. The second-order valence-corrected chi connectivity index (χ2v) is 7.03. The van der Waals surface area contributed by atoms with Gasteiger partial charge in [-0.25, -0.2) is 0 Å². The van der Waals surface area contributed by atoms with E-state index in [0.717, 1.165) is 48.7 Å². The molecule has 1 heterocycles. The zero-order valence-corrected chi connectivity index (χ0v) is 13.4. The fraction of sp³-hybridized carbons (Fsp3) is 0.625. The number of hydrogen-bond acceptors (Lipinski definition) is 3. The average molecular weight is 339 g/mol. The molecule has 2 aliphatic rings. The highest BCUT2D eigenvalue weighted by atomic mass is 79.9. The Balaban J connectivity index is 1.45. The van der Waals surface area contributed by atoms with E-state index in [2.05, 4.69) is 25.7 Å². The Bertz CT molecular complexity index is 425. The highest BCUT2D eigenvalue weighted by Gasteiger charge is 2.26. The van der Waals surface area contributed by atoms with Gasteiger partial charge in [0.2, 0.25) is 0 Å². The minimum atomic E-state index is -0.377. The Labute approximate surface area is 129 Å². The number of aliphatic hydroxyl groups excluding tert-OH is 1. The van der Waals surface area contributed by atoms with Crippen LogP contribution in [0.5, 0.6) is 0 Å². The number of piperazine rings is 1. The summed E-state index contributed by atoms with van der Waals surface area (Å²) in [4.78, 5) is 4.97. The summed E-state index contributed by atoms with van der Waals surface area (Å²) in [5.41, 5.74) is 1.01. The minimum Gasteiger partial charge on any atom is -0.387 e. The molecule has 0 amide bonds. The van der Waals surface area contributed by atoms with E-state index in [1.165, 1.54) is 19.4 Å². The number of β-amino-alcohol motifs (C(OH)–C–C–N with tert-alkyl or cyclic N) is 1. The molecule has 1 saturated heterocycles. The third-order valence-electron chi connectivity index (χ3n) is 4.36. The summed E-state index contributed by atoms with van der Waals surface area (Å²) in [6.07, 6.45) is 2.49. The van der Waals surface area contributed by atoms with Crippen molar-refractivity contribution in [3.05, 3.63) is 34.3 Å². The Morgan fingerprint density at radius 3 is 2.25 bits per heavy atom. The summed E-state index contributed by atoms with van der Waals surface area (Å²) in [5, 5.41) is 10.3. The third-order valence-corrected chi connectivity index (χ3v) is 4.89. The van der Waals surface area contributed by atoms with Crippen LogP contribution in [-0.2, 0) is 0 Å². The van der Waals surface area contributed by atoms with Crippen LogP contribution in [0.4, 0.5) is 0 Å². The van der Waals surface area contributed by atoms with Gasteiger partial charge in [0.15, 0.2) is 0 Å². The summed E-state index contributed by atoms with van der Waals surface area (Å²) >= 11 is 3.43. The molecule has 1 aromatic rings. The molecule has 20 heavy (non-hydrogen) atoms. The van der Waals surface area contributed by atoms with Crippen LogP contribution in [0.2, 0.25) is 0 Å². The lowest BCUT2D eigenvalue weighted by atomic mass is 10.1. The molecule has 1 atom stereocenters. The maximum atomic E-state index is 10.3. The van der Waals surface area contributed by atoms with Crippen molar-refractivity contribution in [2.24, 2.45) is 5.92 Å². The molecule has 0 radical (unpaired) electrons. The summed E-state index contributed by atoms with van der Waals surface area (Å²) < 4.78 is 1.06. The fourth-order valence-corrected chi connectivity index (χ4v) is 3.12. The molecule has 1 saturated carbocycles. The summed E-state index contributed by atoms with van der Waals surface area (Å²) in [7, 11) is 0. The van der Waals surface area contributed by atoms with Crippen LogP contribution in [0, 0.1) is 5.92 Å². The van der Waals surface area contributed by atoms with E-state index < -0.39 is 0 Å². The first kappa shape index (κ1) is 14.5. The van der Waals surface area contributed by atoms with Crippen molar-refractivity contribution in [3.63, 3.8) is 0 Å². The molecule has 1 aromatic carbocycles. The van der Waals surface area contributed by atoms with E-state index in [1.54, 1.807) is 0 Å². The molecule has 0 bridgehead atoms. The molecule has 1 N–H and O–H groups in total. The monoisotopic (exact) mass is 338 g/mol. The van der Waals surface area contributed by atoms with Crippen molar-refractivity contribution in [2.45, 2.75) is 18.9 Å². The quantitative estimate of drug-likeness (QED) is 0.893. The number of benzene rings is 1. The summed E-state index contributed by atoms with van der Waals surface area (Å²) in [6, 6.07) is 7.98. The van der Waals surface area contributed by atoms with Gasteiger partial charge in [0, 0.05) is 43.7 Å². The van der Waals surface area contributed by atoms with Crippen LogP contribution in [0.25, 0.3) is 0 Å². The van der Waals surface area contributed by atoms with Gasteiger partial charge in [-0.3, -0.25) is 4.90 Å². The first-order valence-corrected chi connectivity index (χ1v) is 8.38. The smallest absolute Gasteiger partial charge is 0.0916 e. The molecule has 0 unspecified atom stereocenters. The average Bonchev–Trinajstić information content (AvgIpc) is 3.26. The summed E-state index contributed by atoms with van der Waals surface area (Å²) in [6.45, 7) is 6.52. The van der Waals surface area contributed by atoms with Crippen molar-refractivity contribution in [2.75, 3.05) is 39.3 Å². The van der Waals surface area contributed by atoms with Gasteiger partial charge in [0.25, 0.3) is 0 Å². The number of aliphatic hydroxyl groups is 1. The third kappa shape index (κ3) is 4.04. The second-order valence-electron chi connectivity index (χ2n) is 6.11. The molecule has 4 heteroatoms. The Morgan fingerprint density at radius 2 is 1.65 bits per heavy atom. The lowest BCUT2D eigenvalue weighted by Gasteiger charge is -2.35. The molecule has 3 rings (SSSR count). The topological polar surface area (TPSA) is 26.7 Å². The van der Waals surface area contributed by atoms with E-state index in [-0.39, 0.29) is 6.10 Å². The Hall–Kier alpha value is -0.420. The number of halogens is 1. The zero-order valence-electron chi connectivity index (χ0n) is 11.8. The highest BCUT2D eigenvalue weighted by Crippen LogP contribution is 2.30. The molecule has 2 fully saturated rings. The van der Waals surface area contributed by atoms with Crippen molar-refractivity contribution >= 4 is 15.9 Å². The first-order valence-electron chi connectivity index (χ1n) is 7.59. The SMILES string of the molecule is O[C@H](CN1CCN(CC2CC2)CC1)c1ccc(Br)cc1. The van der Waals surface area contributed by atoms with E-state index >= 15 is 0 Å². The van der Waals surface area contributed by atoms with Crippen molar-refractivity contribution in [1.82, 2.24) is 9.80 Å². The molecule has 1 aliphatic carbocycles. The summed E-state index contributed by atoms with van der Waals surface area (Å²) in [5.74, 6) is 0.981. The maximum absolute atomic E-state index is 10.3. The lowest BCUT2D eigenvalue weighted by Crippen LogP contribution is -2.47. The van der Waals surface area contributed by atoms with Crippen molar-refractivity contribution in [3.8, 4) is 0 Å². The Kier molecular flexibility index (Phi) is 4.76. The van der Waals surface area contributed by atoms with E-state index in [1.807, 2.05) is 24.3 Å². The van der Waals surface area contributed by atoms with Gasteiger partial charge in [-0.1, -0.05) is 28.1 Å². The first-order chi connectivity index (χ1) is 9.70. The van der Waals surface area contributed by atoms with Crippen LogP contribution in [0.3, 0.4) is 0 Å². The normalized spacial score (nSPS) is 22.9. The molecular weight excluding hydrogens is 316 g/mol. The second kappa shape index (κ2) is 6.56. The van der Waals surface area contributed by atoms with E-state index in [4.69, 9.17) is 0 Å². The van der Waals surface area contributed by atoms with E-state index in [9.17, 15) is 5.11 Å². The van der Waals surface area contributed by atoms with Crippen LogP contribution in [0.1, 0.15) is 24.5 Å². The lowest BCUT2D eigenvalue weighted by molar-refractivity contribution is 0.0710. The number of nitrogens with zero attached hydrogens (tertiary/aromatic N) is 2. The van der Waals surface area contributed by atoms with Crippen molar-refractivity contribution < 1.29 is 5.11 Å². The van der Waals surface area contributed by atoms with Gasteiger partial charge < -0.3 is 10.0 Å². The van der Waals surface area contributed by atoms with Crippen LogP contribution < -0.4 is 0 Å². The van der Waals surface area contributed by atoms with Gasteiger partial charge in [-0.15, -0.1) is 0 Å². The maximum Gasteiger partial charge on any atom is 0.0916 e. The van der Waals surface area contributed by atoms with Gasteiger partial charge in [0.05, 0.1) is 6.10 Å². The van der Waals surface area contributed by atoms with Gasteiger partial charge >= 0.3 is 0 Å². The predicted molar refractivity (Wildman–Crippen MR) is 84.7 cm³/mol. The molecule has 0 spiro atoms. The minimum absolute atomic E-state index is 0.377. The number of hydrogen-bond donors (Lipinski definition) is 1. The zero-order chi connectivity index (χ0) is 13.9. The molecule has 0 aromatic heterocycles. The van der Waals surface area contributed by atoms with Crippen LogP contribution in [0.15, 0.2) is 28.7 Å². The number of rotatable bonds is 5. The predicted octanol–water partition coefficient (Wildman–Crippen LogP) is 2.51. The Morgan fingerprint density at radius 1 is 1.05 bits per heavy atom. The van der Waals surface area contributed by atoms with Gasteiger partial charge in [-0.2, -0.15) is 0 Å². The van der Waals surface area contributed by atoms with Crippen molar-refractivity contribution in [1.29, 1.82) is 0 Å². The molecule has 1 aliphatic heterocycles. The van der Waals surface area contributed by atoms with Crippen LogP contribution >= 0.6 is 15.9 Å². The largest absolute Gasteiger partial charge is 0.387 e. The molecule has 3 nitrogen and oxygen atoms in total. The van der Waals surface area contributed by atoms with E-state index in [0.29, 0.717) is 0 Å². The molecular formula is C16H23BrN2O. The fourth-order valence-electron chi connectivity index (χ4n) is 2.85. The van der Waals surface area contributed by atoms with Gasteiger partial charge in [-0.05, 0) is 36.5 Å². The van der Waals surface area contributed by atoms with Gasteiger partial charge in [0.1, 0.15) is 0 Å². The highest BCUT2D eigenvalue weighted by molar-refractivity contribution is 9.10.